The number of aromatic nitrogens is 2. The van der Waals surface area contributed by atoms with Crippen molar-refractivity contribution in [3.8, 4) is 0 Å². The molecule has 0 radical (unpaired) electrons. The highest BCUT2D eigenvalue weighted by Gasteiger charge is 2.24. The first-order valence-corrected chi connectivity index (χ1v) is 9.63. The molecule has 4 heterocycles. The second-order valence-corrected chi connectivity index (χ2v) is 7.16. The van der Waals surface area contributed by atoms with Crippen LogP contribution in [0.4, 0.5) is 16.3 Å². The minimum absolute atomic E-state index is 0.0599. The predicted octanol–water partition coefficient (Wildman–Crippen LogP) is 1.87. The quantitative estimate of drug-likeness (QED) is 0.832. The van der Waals surface area contributed by atoms with Crippen LogP contribution in [-0.2, 0) is 6.42 Å². The topological polar surface area (TPSA) is 94.3 Å². The fourth-order valence-electron chi connectivity index (χ4n) is 3.89. The van der Waals surface area contributed by atoms with Gasteiger partial charge in [-0.2, -0.15) is 0 Å². The van der Waals surface area contributed by atoms with Crippen LogP contribution < -0.4 is 15.7 Å². The van der Waals surface area contributed by atoms with Gasteiger partial charge in [0.15, 0.2) is 0 Å². The zero-order valence-electron chi connectivity index (χ0n) is 15.9. The fourth-order valence-corrected chi connectivity index (χ4v) is 3.89. The largest absolute Gasteiger partial charge is 0.340 e. The van der Waals surface area contributed by atoms with Crippen molar-refractivity contribution < 1.29 is 9.59 Å². The molecule has 2 aliphatic rings. The molecule has 146 valence electrons. The predicted molar refractivity (Wildman–Crippen MR) is 105 cm³/mol. The molecule has 0 unspecified atom stereocenters. The molecule has 0 atom stereocenters. The van der Waals surface area contributed by atoms with E-state index in [1.165, 1.54) is 11.6 Å². The molecule has 2 aromatic rings. The van der Waals surface area contributed by atoms with Gasteiger partial charge in [-0.1, -0.05) is 0 Å². The summed E-state index contributed by atoms with van der Waals surface area (Å²) in [6.45, 7) is 2.43. The van der Waals surface area contributed by atoms with Crippen LogP contribution in [0.15, 0.2) is 30.6 Å². The number of nitrogens with zero attached hydrogens (tertiary/aromatic N) is 4. The van der Waals surface area contributed by atoms with E-state index in [4.69, 9.17) is 5.41 Å². The van der Waals surface area contributed by atoms with Crippen LogP contribution in [-0.4, -0.2) is 53.1 Å². The summed E-state index contributed by atoms with van der Waals surface area (Å²) in [5.41, 5.74) is 2.61. The Morgan fingerprint density at radius 3 is 2.64 bits per heavy atom. The Bertz CT molecular complexity index is 977. The summed E-state index contributed by atoms with van der Waals surface area (Å²) in [6.07, 6.45) is 7.20. The Labute approximate surface area is 163 Å². The van der Waals surface area contributed by atoms with E-state index >= 15 is 0 Å². The Morgan fingerprint density at radius 2 is 1.93 bits per heavy atom. The van der Waals surface area contributed by atoms with Gasteiger partial charge < -0.3 is 15.1 Å². The van der Waals surface area contributed by atoms with Gasteiger partial charge in [-0.15, -0.1) is 0 Å². The maximum absolute atomic E-state index is 12.7. The van der Waals surface area contributed by atoms with E-state index in [2.05, 4.69) is 15.2 Å². The van der Waals surface area contributed by atoms with Crippen LogP contribution in [0.3, 0.4) is 0 Å². The molecule has 4 rings (SSSR count). The zero-order valence-corrected chi connectivity index (χ0v) is 15.9. The second-order valence-electron chi connectivity index (χ2n) is 7.16. The van der Waals surface area contributed by atoms with Crippen molar-refractivity contribution in [3.05, 3.63) is 47.2 Å². The van der Waals surface area contributed by atoms with Gasteiger partial charge in [-0.05, 0) is 43.4 Å². The van der Waals surface area contributed by atoms with Gasteiger partial charge in [0, 0.05) is 50.8 Å². The van der Waals surface area contributed by atoms with Crippen LogP contribution >= 0.6 is 0 Å². The van der Waals surface area contributed by atoms with Crippen molar-refractivity contribution >= 4 is 23.4 Å². The van der Waals surface area contributed by atoms with Crippen LogP contribution in [0.5, 0.6) is 0 Å². The van der Waals surface area contributed by atoms with Gasteiger partial charge in [0.05, 0.1) is 5.56 Å². The van der Waals surface area contributed by atoms with Gasteiger partial charge in [0.2, 0.25) is 0 Å². The number of fused-ring (bicyclic) bond motifs is 1. The smallest absolute Gasteiger partial charge is 0.326 e. The highest BCUT2D eigenvalue weighted by molar-refractivity contribution is 5.94. The third-order valence-corrected chi connectivity index (χ3v) is 5.35. The SMILES string of the molecule is CNC(=O)n1ccc(N2CCCc3cc(C(=O)N4CCCC4)cnc32)cc1=N. The number of likely N-dealkylation sites (tertiary alicyclic amines) is 1. The molecule has 8 nitrogen and oxygen atoms in total. The van der Waals surface area contributed by atoms with E-state index < -0.39 is 0 Å². The fraction of sp³-hybridized carbons (Fsp3) is 0.400. The lowest BCUT2D eigenvalue weighted by molar-refractivity contribution is 0.0792. The molecule has 2 aliphatic heterocycles. The molecule has 0 aromatic carbocycles. The summed E-state index contributed by atoms with van der Waals surface area (Å²) in [5.74, 6) is 0.881. The summed E-state index contributed by atoms with van der Waals surface area (Å²) in [6, 6.07) is 5.09. The van der Waals surface area contributed by atoms with Crippen LogP contribution in [0.25, 0.3) is 0 Å². The lowest BCUT2D eigenvalue weighted by Crippen LogP contribution is -2.34. The first-order valence-electron chi connectivity index (χ1n) is 9.63. The standard InChI is InChI=1S/C20H24N6O2/c1-22-20(28)26-10-6-16(12-17(26)21)25-9-4-5-14-11-15(13-23-18(14)25)19(27)24-7-2-3-8-24/h6,10-13,21H,2-5,7-9H2,1H3,(H,22,28). The molecule has 0 aliphatic carbocycles. The number of carbonyl (C=O) groups excluding carboxylic acids is 2. The summed E-state index contributed by atoms with van der Waals surface area (Å²) < 4.78 is 1.25. The molecule has 0 bridgehead atoms. The molecule has 8 heteroatoms. The average molecular weight is 380 g/mol. The minimum Gasteiger partial charge on any atom is -0.340 e. The third kappa shape index (κ3) is 3.26. The Hall–Kier alpha value is -3.16. The molecule has 1 fully saturated rings. The summed E-state index contributed by atoms with van der Waals surface area (Å²) in [4.78, 5) is 33.0. The Balaban J connectivity index is 1.64. The van der Waals surface area contributed by atoms with Gasteiger partial charge >= 0.3 is 6.03 Å². The number of hydrogen-bond acceptors (Lipinski definition) is 5. The van der Waals surface area contributed by atoms with Gasteiger partial charge in [0.1, 0.15) is 11.3 Å². The first kappa shape index (κ1) is 18.2. The highest BCUT2D eigenvalue weighted by Crippen LogP contribution is 2.31. The van der Waals surface area contributed by atoms with Crippen LogP contribution in [0.2, 0.25) is 0 Å². The number of rotatable bonds is 2. The third-order valence-electron chi connectivity index (χ3n) is 5.35. The van der Waals surface area contributed by atoms with E-state index in [9.17, 15) is 9.59 Å². The van der Waals surface area contributed by atoms with Gasteiger partial charge in [-0.3, -0.25) is 14.8 Å². The van der Waals surface area contributed by atoms with Crippen molar-refractivity contribution in [1.29, 1.82) is 5.41 Å². The van der Waals surface area contributed by atoms with Crippen molar-refractivity contribution in [1.82, 2.24) is 19.8 Å². The molecule has 2 aromatic heterocycles. The zero-order chi connectivity index (χ0) is 19.7. The van der Waals surface area contributed by atoms with Gasteiger partial charge in [-0.25, -0.2) is 9.78 Å². The number of nitrogens with one attached hydrogen (secondary N) is 2. The van der Waals surface area contributed by atoms with Crippen LogP contribution in [0, 0.1) is 5.41 Å². The second kappa shape index (κ2) is 7.46. The lowest BCUT2D eigenvalue weighted by Gasteiger charge is -2.30. The number of amides is 2. The normalized spacial score (nSPS) is 16.0. The molecular formula is C20H24N6O2. The van der Waals surface area contributed by atoms with Crippen molar-refractivity contribution in [2.45, 2.75) is 25.7 Å². The van der Waals surface area contributed by atoms with Crippen molar-refractivity contribution in [3.63, 3.8) is 0 Å². The number of carbonyl (C=O) groups is 2. The summed E-state index contributed by atoms with van der Waals surface area (Å²) in [5, 5.41) is 10.7. The van der Waals surface area contributed by atoms with E-state index in [0.29, 0.717) is 5.56 Å². The molecule has 1 saturated heterocycles. The molecule has 2 amide bonds. The highest BCUT2D eigenvalue weighted by atomic mass is 16.2. The molecular weight excluding hydrogens is 356 g/mol. The minimum atomic E-state index is -0.348. The van der Waals surface area contributed by atoms with E-state index in [1.54, 1.807) is 18.5 Å². The molecule has 0 spiro atoms. The summed E-state index contributed by atoms with van der Waals surface area (Å²) >= 11 is 0. The summed E-state index contributed by atoms with van der Waals surface area (Å²) in [7, 11) is 1.54. The monoisotopic (exact) mass is 380 g/mol. The van der Waals surface area contributed by atoms with Crippen molar-refractivity contribution in [2.24, 2.45) is 0 Å². The number of aryl methyl sites for hydroxylation is 1. The van der Waals surface area contributed by atoms with E-state index in [1.807, 2.05) is 17.0 Å². The van der Waals surface area contributed by atoms with E-state index in [0.717, 1.165) is 62.4 Å². The van der Waals surface area contributed by atoms with Gasteiger partial charge in [0.25, 0.3) is 5.91 Å². The molecule has 28 heavy (non-hydrogen) atoms. The number of anilines is 2. The van der Waals surface area contributed by atoms with E-state index in [-0.39, 0.29) is 17.4 Å². The molecule has 2 N–H and O–H groups in total. The first-order chi connectivity index (χ1) is 13.6. The van der Waals surface area contributed by atoms with Crippen molar-refractivity contribution in [2.75, 3.05) is 31.6 Å². The maximum atomic E-state index is 12.7. The van der Waals surface area contributed by atoms with Crippen LogP contribution in [0.1, 0.15) is 35.2 Å². The Morgan fingerprint density at radius 1 is 1.14 bits per heavy atom. The molecule has 0 saturated carbocycles. The number of hydrogen-bond donors (Lipinski definition) is 2. The maximum Gasteiger partial charge on any atom is 0.326 e. The average Bonchev–Trinajstić information content (AvgIpc) is 3.26. The lowest BCUT2D eigenvalue weighted by atomic mass is 10.0. The number of pyridine rings is 2. The Kier molecular flexibility index (Phi) is 4.85.